The van der Waals surface area contributed by atoms with E-state index in [1.807, 2.05) is 32.9 Å². The standard InChI is InChI=1S/C21H29NO6S/c1-21(2,3)28-20(24)22(16-9-11-29(25,26)12-10-16)18-13-17(18)14-5-7-15(8-6-14)19(23)27-4/h5-8,16-18H,9-13H2,1-4H3. The molecule has 1 aromatic rings. The number of ether oxygens (including phenoxy) is 2. The fourth-order valence-electron chi connectivity index (χ4n) is 3.86. The molecule has 3 rings (SSSR count). The van der Waals surface area contributed by atoms with Crippen LogP contribution in [0.1, 0.15) is 61.9 Å². The van der Waals surface area contributed by atoms with Crippen molar-refractivity contribution in [2.45, 2.75) is 63.6 Å². The Morgan fingerprint density at radius 3 is 2.17 bits per heavy atom. The highest BCUT2D eigenvalue weighted by atomic mass is 32.2. The first-order chi connectivity index (χ1) is 13.5. The molecule has 1 aliphatic heterocycles. The SMILES string of the molecule is COC(=O)c1ccc(C2CC2N(C(=O)OC(C)(C)C)C2CCS(=O)(=O)CC2)cc1. The molecule has 2 fully saturated rings. The van der Waals surface area contributed by atoms with Gasteiger partial charge in [0, 0.05) is 18.0 Å². The molecule has 2 unspecified atom stereocenters. The molecule has 1 amide bonds. The lowest BCUT2D eigenvalue weighted by Gasteiger charge is -2.36. The number of nitrogens with zero attached hydrogens (tertiary/aromatic N) is 1. The van der Waals surface area contributed by atoms with E-state index in [4.69, 9.17) is 9.47 Å². The fraction of sp³-hybridized carbons (Fsp3) is 0.619. The third-order valence-electron chi connectivity index (χ3n) is 5.40. The van der Waals surface area contributed by atoms with Crippen molar-refractivity contribution < 1.29 is 27.5 Å². The van der Waals surface area contributed by atoms with E-state index in [-0.39, 0.29) is 41.6 Å². The van der Waals surface area contributed by atoms with E-state index in [0.717, 1.165) is 12.0 Å². The molecular formula is C21H29NO6S. The lowest BCUT2D eigenvalue weighted by molar-refractivity contribution is 0.0123. The summed E-state index contributed by atoms with van der Waals surface area (Å²) in [4.78, 5) is 26.3. The highest BCUT2D eigenvalue weighted by molar-refractivity contribution is 7.91. The van der Waals surface area contributed by atoms with E-state index in [1.54, 1.807) is 17.0 Å². The van der Waals surface area contributed by atoms with Crippen LogP contribution in [-0.2, 0) is 19.3 Å². The third-order valence-corrected chi connectivity index (χ3v) is 7.11. The van der Waals surface area contributed by atoms with Gasteiger partial charge in [0.05, 0.1) is 24.2 Å². The number of methoxy groups -OCH3 is 1. The van der Waals surface area contributed by atoms with Gasteiger partial charge in [-0.2, -0.15) is 0 Å². The maximum absolute atomic E-state index is 13.0. The summed E-state index contributed by atoms with van der Waals surface area (Å²) in [5, 5.41) is 0. The molecule has 0 radical (unpaired) electrons. The average molecular weight is 424 g/mol. The van der Waals surface area contributed by atoms with E-state index < -0.39 is 15.4 Å². The largest absolute Gasteiger partial charge is 0.465 e. The first-order valence-electron chi connectivity index (χ1n) is 9.91. The first-order valence-corrected chi connectivity index (χ1v) is 11.7. The molecule has 2 atom stereocenters. The summed E-state index contributed by atoms with van der Waals surface area (Å²) in [5.74, 6) is -0.0416. The van der Waals surface area contributed by atoms with Crippen molar-refractivity contribution in [3.05, 3.63) is 35.4 Å². The van der Waals surface area contributed by atoms with Crippen LogP contribution in [0.2, 0.25) is 0 Å². The number of carbonyl (C=O) groups is 2. The number of sulfone groups is 1. The van der Waals surface area contributed by atoms with Crippen LogP contribution in [0.15, 0.2) is 24.3 Å². The van der Waals surface area contributed by atoms with Crippen molar-refractivity contribution in [3.63, 3.8) is 0 Å². The van der Waals surface area contributed by atoms with Gasteiger partial charge in [-0.25, -0.2) is 18.0 Å². The molecule has 2 aliphatic rings. The number of carbonyl (C=O) groups excluding carboxylic acids is 2. The predicted octanol–water partition coefficient (Wildman–Crippen LogP) is 3.14. The van der Waals surface area contributed by atoms with Gasteiger partial charge in [-0.3, -0.25) is 0 Å². The van der Waals surface area contributed by atoms with Crippen LogP contribution in [-0.4, -0.2) is 61.7 Å². The molecule has 0 spiro atoms. The van der Waals surface area contributed by atoms with E-state index in [9.17, 15) is 18.0 Å². The number of hydrogen-bond acceptors (Lipinski definition) is 6. The summed E-state index contributed by atoms with van der Waals surface area (Å²) < 4.78 is 34.0. The number of rotatable bonds is 4. The smallest absolute Gasteiger partial charge is 0.410 e. The van der Waals surface area contributed by atoms with Gasteiger partial charge >= 0.3 is 12.1 Å². The van der Waals surface area contributed by atoms with Gasteiger partial charge < -0.3 is 14.4 Å². The summed E-state index contributed by atoms with van der Waals surface area (Å²) in [6, 6.07) is 7.05. The van der Waals surface area contributed by atoms with Crippen LogP contribution in [0.4, 0.5) is 4.79 Å². The van der Waals surface area contributed by atoms with Crippen LogP contribution in [0.3, 0.4) is 0 Å². The molecule has 0 bridgehead atoms. The van der Waals surface area contributed by atoms with E-state index in [2.05, 4.69) is 0 Å². The normalized spacial score (nSPS) is 23.9. The Hall–Kier alpha value is -2.09. The molecule has 1 aliphatic carbocycles. The van der Waals surface area contributed by atoms with Gasteiger partial charge in [0.2, 0.25) is 0 Å². The minimum atomic E-state index is -3.02. The summed E-state index contributed by atoms with van der Waals surface area (Å²) >= 11 is 0. The second kappa shape index (κ2) is 7.97. The van der Waals surface area contributed by atoms with E-state index >= 15 is 0 Å². The van der Waals surface area contributed by atoms with Crippen molar-refractivity contribution in [1.29, 1.82) is 0 Å². The van der Waals surface area contributed by atoms with Gasteiger partial charge in [-0.1, -0.05) is 12.1 Å². The van der Waals surface area contributed by atoms with Gasteiger partial charge in [-0.05, 0) is 57.7 Å². The van der Waals surface area contributed by atoms with Gasteiger partial charge in [-0.15, -0.1) is 0 Å². The second-order valence-electron chi connectivity index (χ2n) is 8.79. The van der Waals surface area contributed by atoms with E-state index in [0.29, 0.717) is 18.4 Å². The molecule has 1 saturated heterocycles. The summed E-state index contributed by atoms with van der Waals surface area (Å²) in [7, 11) is -1.68. The lowest BCUT2D eigenvalue weighted by atomic mass is 10.1. The van der Waals surface area contributed by atoms with Gasteiger partial charge in [0.15, 0.2) is 0 Å². The predicted molar refractivity (Wildman–Crippen MR) is 109 cm³/mol. The highest BCUT2D eigenvalue weighted by Crippen LogP contribution is 2.47. The Bertz CT molecular complexity index is 857. The van der Waals surface area contributed by atoms with Crippen molar-refractivity contribution in [3.8, 4) is 0 Å². The average Bonchev–Trinajstić information content (AvgIpc) is 3.41. The van der Waals surface area contributed by atoms with Crippen LogP contribution >= 0.6 is 0 Å². The summed E-state index contributed by atoms with van der Waals surface area (Å²) in [6.45, 7) is 5.47. The molecule has 160 valence electrons. The first kappa shape index (κ1) is 21.6. The number of hydrogen-bond donors (Lipinski definition) is 0. The van der Waals surface area contributed by atoms with Crippen LogP contribution < -0.4 is 0 Å². The quantitative estimate of drug-likeness (QED) is 0.691. The number of esters is 1. The van der Waals surface area contributed by atoms with Crippen molar-refractivity contribution in [1.82, 2.24) is 4.90 Å². The number of benzene rings is 1. The maximum Gasteiger partial charge on any atom is 0.410 e. The molecule has 29 heavy (non-hydrogen) atoms. The molecular weight excluding hydrogens is 394 g/mol. The topological polar surface area (TPSA) is 90.0 Å². The third kappa shape index (κ3) is 5.29. The lowest BCUT2D eigenvalue weighted by Crippen LogP contribution is -2.48. The maximum atomic E-state index is 13.0. The molecule has 1 aromatic carbocycles. The van der Waals surface area contributed by atoms with E-state index in [1.165, 1.54) is 7.11 Å². The minimum absolute atomic E-state index is 0.0281. The van der Waals surface area contributed by atoms with Crippen LogP contribution in [0.25, 0.3) is 0 Å². The molecule has 0 N–H and O–H groups in total. The molecule has 7 nitrogen and oxygen atoms in total. The Balaban J connectivity index is 1.77. The summed E-state index contributed by atoms with van der Waals surface area (Å²) in [6.07, 6.45) is 1.28. The zero-order chi connectivity index (χ0) is 21.4. The highest BCUT2D eigenvalue weighted by Gasteiger charge is 2.49. The fourth-order valence-corrected chi connectivity index (χ4v) is 5.32. The Morgan fingerprint density at radius 1 is 1.07 bits per heavy atom. The van der Waals surface area contributed by atoms with Gasteiger partial charge in [0.25, 0.3) is 0 Å². The molecule has 8 heteroatoms. The van der Waals surface area contributed by atoms with Crippen LogP contribution in [0.5, 0.6) is 0 Å². The van der Waals surface area contributed by atoms with Crippen molar-refractivity contribution >= 4 is 21.9 Å². The Kier molecular flexibility index (Phi) is 5.94. The number of amides is 1. The zero-order valence-electron chi connectivity index (χ0n) is 17.4. The van der Waals surface area contributed by atoms with Crippen molar-refractivity contribution in [2.24, 2.45) is 0 Å². The minimum Gasteiger partial charge on any atom is -0.465 e. The second-order valence-corrected chi connectivity index (χ2v) is 11.1. The molecule has 1 saturated carbocycles. The Labute approximate surface area is 172 Å². The zero-order valence-corrected chi connectivity index (χ0v) is 18.2. The van der Waals surface area contributed by atoms with Gasteiger partial charge in [0.1, 0.15) is 15.4 Å². The van der Waals surface area contributed by atoms with Crippen molar-refractivity contribution in [2.75, 3.05) is 18.6 Å². The summed E-state index contributed by atoms with van der Waals surface area (Å²) in [5.41, 5.74) is 0.900. The molecule has 0 aromatic heterocycles. The molecule has 1 heterocycles. The Morgan fingerprint density at radius 2 is 1.66 bits per heavy atom. The monoisotopic (exact) mass is 423 g/mol. The van der Waals surface area contributed by atoms with Crippen LogP contribution in [0, 0.1) is 0 Å².